The number of amidine groups is 1. The number of nitrogens with one attached hydrogen (secondary N) is 1. The van der Waals surface area contributed by atoms with Crippen LogP contribution in [0.3, 0.4) is 0 Å². The highest BCUT2D eigenvalue weighted by Crippen LogP contribution is 2.27. The number of aromatic nitrogens is 1. The third-order valence-corrected chi connectivity index (χ3v) is 5.95. The molecule has 5 nitrogen and oxygen atoms in total. The van der Waals surface area contributed by atoms with Gasteiger partial charge in [-0.25, -0.2) is 9.98 Å². The number of hydrogen-bond donors (Lipinski definition) is 2. The number of likely N-dealkylation sites (tertiary alicyclic amines) is 1. The fourth-order valence-electron chi connectivity index (χ4n) is 4.37. The molecule has 27 heavy (non-hydrogen) atoms. The van der Waals surface area contributed by atoms with Crippen LogP contribution in [-0.2, 0) is 0 Å². The summed E-state index contributed by atoms with van der Waals surface area (Å²) in [7, 11) is 0. The molecular formula is C22H35N5. The van der Waals surface area contributed by atoms with Crippen molar-refractivity contribution in [3.8, 4) is 0 Å². The summed E-state index contributed by atoms with van der Waals surface area (Å²) in [6.07, 6.45) is 12.6. The third kappa shape index (κ3) is 6.35. The Balaban J connectivity index is 1.48. The zero-order chi connectivity index (χ0) is 19.1. The molecule has 1 aliphatic carbocycles. The monoisotopic (exact) mass is 369 g/mol. The summed E-state index contributed by atoms with van der Waals surface area (Å²) in [4.78, 5) is 11.4. The minimum atomic E-state index is 0.328. The molecule has 2 fully saturated rings. The number of piperidine rings is 1. The molecule has 1 saturated heterocycles. The second-order valence-corrected chi connectivity index (χ2v) is 8.26. The summed E-state index contributed by atoms with van der Waals surface area (Å²) < 4.78 is 0. The number of anilines is 1. The molecule has 0 amide bonds. The molecular weight excluding hydrogens is 334 g/mol. The van der Waals surface area contributed by atoms with E-state index >= 15 is 0 Å². The van der Waals surface area contributed by atoms with Crippen molar-refractivity contribution in [1.82, 2.24) is 9.88 Å². The fraction of sp³-hybridized carbons (Fsp3) is 0.636. The average Bonchev–Trinajstić information content (AvgIpc) is 2.67. The van der Waals surface area contributed by atoms with Crippen LogP contribution in [0, 0.1) is 18.8 Å². The molecule has 1 atom stereocenters. The van der Waals surface area contributed by atoms with Crippen LogP contribution in [0.1, 0.15) is 56.9 Å². The Morgan fingerprint density at radius 2 is 2.11 bits per heavy atom. The summed E-state index contributed by atoms with van der Waals surface area (Å²) >= 11 is 0. The third-order valence-electron chi connectivity index (χ3n) is 5.95. The van der Waals surface area contributed by atoms with E-state index in [1.165, 1.54) is 58.0 Å². The van der Waals surface area contributed by atoms with E-state index in [0.717, 1.165) is 30.3 Å². The van der Waals surface area contributed by atoms with Gasteiger partial charge in [-0.2, -0.15) is 0 Å². The van der Waals surface area contributed by atoms with Crippen molar-refractivity contribution in [2.24, 2.45) is 22.6 Å². The largest absolute Gasteiger partial charge is 0.387 e. The number of aliphatic imine (C=N–C) groups is 1. The minimum Gasteiger partial charge on any atom is -0.387 e. The van der Waals surface area contributed by atoms with Crippen LogP contribution in [0.2, 0.25) is 0 Å². The van der Waals surface area contributed by atoms with Crippen molar-refractivity contribution in [1.29, 1.82) is 0 Å². The minimum absolute atomic E-state index is 0.328. The molecule has 1 aliphatic heterocycles. The molecule has 1 aromatic heterocycles. The van der Waals surface area contributed by atoms with Gasteiger partial charge in [-0.15, -0.1) is 0 Å². The second kappa shape index (κ2) is 9.88. The number of rotatable bonds is 7. The van der Waals surface area contributed by atoms with Gasteiger partial charge in [0, 0.05) is 18.7 Å². The van der Waals surface area contributed by atoms with E-state index in [4.69, 9.17) is 5.73 Å². The molecule has 0 spiro atoms. The fourth-order valence-corrected chi connectivity index (χ4v) is 4.37. The Morgan fingerprint density at radius 3 is 2.89 bits per heavy atom. The lowest BCUT2D eigenvalue weighted by Gasteiger charge is -2.34. The predicted octanol–water partition coefficient (Wildman–Crippen LogP) is 4.31. The average molecular weight is 370 g/mol. The smallest absolute Gasteiger partial charge is 0.131 e. The van der Waals surface area contributed by atoms with Crippen molar-refractivity contribution < 1.29 is 0 Å². The van der Waals surface area contributed by atoms with Crippen molar-refractivity contribution in [2.45, 2.75) is 58.3 Å². The number of nitrogens with zero attached hydrogens (tertiary/aromatic N) is 3. The summed E-state index contributed by atoms with van der Waals surface area (Å²) in [5.41, 5.74) is 7.49. The van der Waals surface area contributed by atoms with Gasteiger partial charge < -0.3 is 16.0 Å². The molecule has 0 aromatic carbocycles. The normalized spacial score (nSPS) is 22.6. The molecule has 0 bridgehead atoms. The highest BCUT2D eigenvalue weighted by molar-refractivity contribution is 5.84. The highest BCUT2D eigenvalue weighted by atomic mass is 15.1. The molecule has 2 aliphatic rings. The first-order chi connectivity index (χ1) is 13.1. The van der Waals surface area contributed by atoms with Crippen molar-refractivity contribution in [2.75, 3.05) is 25.0 Å². The molecule has 0 radical (unpaired) electrons. The lowest BCUT2D eigenvalue weighted by Crippen LogP contribution is -2.42. The zero-order valence-electron chi connectivity index (χ0n) is 16.8. The van der Waals surface area contributed by atoms with Crippen LogP contribution in [0.25, 0.3) is 0 Å². The van der Waals surface area contributed by atoms with E-state index in [0.29, 0.717) is 17.6 Å². The Hall–Kier alpha value is -1.88. The number of aryl methyl sites for hydroxylation is 1. The van der Waals surface area contributed by atoms with Gasteiger partial charge in [-0.05, 0) is 62.9 Å². The van der Waals surface area contributed by atoms with E-state index < -0.39 is 0 Å². The first-order valence-electron chi connectivity index (χ1n) is 10.5. The maximum Gasteiger partial charge on any atom is 0.131 e. The quantitative estimate of drug-likeness (QED) is 0.555. The Kier molecular flexibility index (Phi) is 7.27. The Morgan fingerprint density at radius 1 is 1.30 bits per heavy atom. The lowest BCUT2D eigenvalue weighted by atomic mass is 9.86. The van der Waals surface area contributed by atoms with E-state index in [-0.39, 0.29) is 0 Å². The summed E-state index contributed by atoms with van der Waals surface area (Å²) in [5.74, 6) is 3.28. The molecule has 1 aromatic rings. The predicted molar refractivity (Wildman–Crippen MR) is 114 cm³/mol. The number of hydrogen-bond acceptors (Lipinski definition) is 4. The van der Waals surface area contributed by atoms with Gasteiger partial charge in [0.1, 0.15) is 17.5 Å². The topological polar surface area (TPSA) is 66.5 Å². The van der Waals surface area contributed by atoms with Crippen LogP contribution in [0.15, 0.2) is 35.7 Å². The second-order valence-electron chi connectivity index (χ2n) is 8.26. The molecule has 5 heteroatoms. The standard InChI is InChI=1S/C22H35N5/c1-17-10-12-24-21(15-17)25-18(2)26-22(23)20-9-6-13-27(16-20)14-11-19-7-4-3-5-8-19/h10,12,15,19-20H,2-9,11,13-14,16H2,1H3,(H2,23,26)(H,24,25). The van der Waals surface area contributed by atoms with Crippen molar-refractivity contribution in [3.63, 3.8) is 0 Å². The lowest BCUT2D eigenvalue weighted by molar-refractivity contribution is 0.182. The van der Waals surface area contributed by atoms with Gasteiger partial charge in [-0.1, -0.05) is 38.7 Å². The van der Waals surface area contributed by atoms with Gasteiger partial charge in [0.2, 0.25) is 0 Å². The molecule has 2 heterocycles. The van der Waals surface area contributed by atoms with Crippen molar-refractivity contribution in [3.05, 3.63) is 36.3 Å². The van der Waals surface area contributed by atoms with Crippen LogP contribution in [-0.4, -0.2) is 35.4 Å². The van der Waals surface area contributed by atoms with Crippen molar-refractivity contribution >= 4 is 11.7 Å². The zero-order valence-corrected chi connectivity index (χ0v) is 16.8. The Labute approximate surface area is 164 Å². The summed E-state index contributed by atoms with van der Waals surface area (Å²) in [5, 5.41) is 3.15. The van der Waals surface area contributed by atoms with Crippen LogP contribution < -0.4 is 11.1 Å². The molecule has 1 unspecified atom stereocenters. The van der Waals surface area contributed by atoms with Crippen LogP contribution in [0.4, 0.5) is 5.82 Å². The van der Waals surface area contributed by atoms with E-state index in [9.17, 15) is 0 Å². The highest BCUT2D eigenvalue weighted by Gasteiger charge is 2.24. The summed E-state index contributed by atoms with van der Waals surface area (Å²) in [6.45, 7) is 9.47. The molecule has 148 valence electrons. The van der Waals surface area contributed by atoms with Gasteiger partial charge in [-0.3, -0.25) is 0 Å². The first-order valence-corrected chi connectivity index (χ1v) is 10.5. The molecule has 3 N–H and O–H groups in total. The van der Waals surface area contributed by atoms with Crippen LogP contribution in [0.5, 0.6) is 0 Å². The van der Waals surface area contributed by atoms with Gasteiger partial charge in [0.15, 0.2) is 0 Å². The SMILES string of the molecule is C=C(/N=C(\N)C1CCCN(CCC2CCCCC2)C1)Nc1cc(C)ccn1. The number of nitrogens with two attached hydrogens (primary N) is 1. The maximum atomic E-state index is 6.34. The van der Waals surface area contributed by atoms with Gasteiger partial charge >= 0.3 is 0 Å². The van der Waals surface area contributed by atoms with E-state index in [1.807, 2.05) is 19.1 Å². The Bertz CT molecular complexity index is 648. The van der Waals surface area contributed by atoms with E-state index in [1.54, 1.807) is 6.20 Å². The number of pyridine rings is 1. The summed E-state index contributed by atoms with van der Waals surface area (Å²) in [6, 6.07) is 3.94. The van der Waals surface area contributed by atoms with Crippen LogP contribution >= 0.6 is 0 Å². The van der Waals surface area contributed by atoms with Gasteiger partial charge in [0.25, 0.3) is 0 Å². The molecule has 3 rings (SSSR count). The van der Waals surface area contributed by atoms with Gasteiger partial charge in [0.05, 0.1) is 0 Å². The van der Waals surface area contributed by atoms with E-state index in [2.05, 4.69) is 26.8 Å². The first kappa shape index (κ1) is 19.9. The molecule has 1 saturated carbocycles. The maximum absolute atomic E-state index is 6.34.